The highest BCUT2D eigenvalue weighted by molar-refractivity contribution is 7.92. The second-order valence-electron chi connectivity index (χ2n) is 9.90. The minimum absolute atomic E-state index is 0.0262. The number of carbonyl (C=O) groups is 1. The molecule has 0 aliphatic rings. The minimum Gasteiger partial charge on any atom is -0.493 e. The molecule has 4 rings (SSSR count). The summed E-state index contributed by atoms with van der Waals surface area (Å²) in [6.45, 7) is 3.11. The molecule has 0 aliphatic heterocycles. The number of hydrogen-bond donors (Lipinski definition) is 3. The molecular weight excluding hydrogens is 588 g/mol. The highest BCUT2D eigenvalue weighted by Gasteiger charge is 2.21. The number of unbranched alkanes of at least 4 members (excludes halogenated alkanes) is 1. The summed E-state index contributed by atoms with van der Waals surface area (Å²) in [6.07, 6.45) is 4.75. The lowest BCUT2D eigenvalue weighted by molar-refractivity contribution is 0.194. The van der Waals surface area contributed by atoms with Gasteiger partial charge in [-0.3, -0.25) is 13.9 Å². The van der Waals surface area contributed by atoms with Gasteiger partial charge in [0.25, 0.3) is 10.0 Å². The maximum absolute atomic E-state index is 13.6. The van der Waals surface area contributed by atoms with Crippen LogP contribution in [-0.4, -0.2) is 48.5 Å². The Morgan fingerprint density at radius 1 is 0.932 bits per heavy atom. The van der Waals surface area contributed by atoms with Gasteiger partial charge in [-0.2, -0.15) is 0 Å². The molecule has 0 atom stereocenters. The Balaban J connectivity index is 1.56. The first-order chi connectivity index (χ1) is 21.1. The van der Waals surface area contributed by atoms with E-state index in [-0.39, 0.29) is 28.6 Å². The summed E-state index contributed by atoms with van der Waals surface area (Å²) in [5.74, 6) is 1.60. The van der Waals surface area contributed by atoms with Crippen LogP contribution in [0.4, 0.5) is 10.5 Å². The summed E-state index contributed by atoms with van der Waals surface area (Å²) >= 11 is 0. The number of anilines is 1. The Morgan fingerprint density at radius 3 is 2.34 bits per heavy atom. The smallest absolute Gasteiger partial charge is 0.404 e. The summed E-state index contributed by atoms with van der Waals surface area (Å²) in [5, 5.41) is 10.9. The largest absolute Gasteiger partial charge is 0.493 e. The summed E-state index contributed by atoms with van der Waals surface area (Å²) in [6, 6.07) is 16.3. The summed E-state index contributed by atoms with van der Waals surface area (Å²) in [5.41, 5.74) is 0.961. The minimum atomic E-state index is -4.11. The van der Waals surface area contributed by atoms with Crippen molar-refractivity contribution in [1.29, 1.82) is 0 Å². The van der Waals surface area contributed by atoms with E-state index in [1.807, 2.05) is 13.0 Å². The molecule has 234 valence electrons. The molecule has 13 heteroatoms. The van der Waals surface area contributed by atoms with E-state index in [0.29, 0.717) is 54.3 Å². The third-order valence-corrected chi connectivity index (χ3v) is 7.94. The number of benzene rings is 3. The molecule has 0 radical (unpaired) electrons. The zero-order valence-electron chi connectivity index (χ0n) is 24.8. The van der Waals surface area contributed by atoms with Crippen LogP contribution in [0.1, 0.15) is 26.2 Å². The second-order valence-corrected chi connectivity index (χ2v) is 11.6. The van der Waals surface area contributed by atoms with Gasteiger partial charge in [0.2, 0.25) is 0 Å². The predicted molar refractivity (Wildman–Crippen MR) is 168 cm³/mol. The van der Waals surface area contributed by atoms with Crippen molar-refractivity contribution >= 4 is 32.8 Å². The maximum atomic E-state index is 13.6. The van der Waals surface area contributed by atoms with Crippen LogP contribution in [0.2, 0.25) is 0 Å². The summed E-state index contributed by atoms with van der Waals surface area (Å²) in [7, 11) is -0.865. The fourth-order valence-electron chi connectivity index (χ4n) is 4.34. The number of fused-ring (bicyclic) bond motifs is 1. The summed E-state index contributed by atoms with van der Waals surface area (Å²) < 4.78 is 50.2. The highest BCUT2D eigenvalue weighted by atomic mass is 32.2. The van der Waals surface area contributed by atoms with E-state index in [2.05, 4.69) is 10.0 Å². The van der Waals surface area contributed by atoms with Crippen molar-refractivity contribution in [2.45, 2.75) is 31.1 Å². The Bertz CT molecular complexity index is 1810. The molecule has 0 saturated heterocycles. The molecule has 3 N–H and O–H groups in total. The molecule has 0 saturated carbocycles. The van der Waals surface area contributed by atoms with E-state index in [1.54, 1.807) is 68.7 Å². The van der Waals surface area contributed by atoms with Crippen molar-refractivity contribution in [3.05, 3.63) is 83.3 Å². The number of nitrogens with zero attached hydrogens (tertiary/aromatic N) is 2. The van der Waals surface area contributed by atoms with Crippen LogP contribution < -0.4 is 29.9 Å². The van der Waals surface area contributed by atoms with Crippen molar-refractivity contribution in [3.63, 3.8) is 0 Å². The van der Waals surface area contributed by atoms with Gasteiger partial charge in [-0.05, 0) is 49.6 Å². The second kappa shape index (κ2) is 14.5. The summed E-state index contributed by atoms with van der Waals surface area (Å²) in [4.78, 5) is 23.1. The molecule has 1 heterocycles. The van der Waals surface area contributed by atoms with Crippen LogP contribution in [0, 0.1) is 0 Å². The highest BCUT2D eigenvalue weighted by Crippen LogP contribution is 2.36. The van der Waals surface area contributed by atoms with Gasteiger partial charge in [0.05, 0.1) is 28.2 Å². The topological polar surface area (TPSA) is 150 Å². The van der Waals surface area contributed by atoms with Crippen molar-refractivity contribution in [2.75, 3.05) is 24.5 Å². The van der Waals surface area contributed by atoms with Crippen LogP contribution in [0.3, 0.4) is 0 Å². The normalized spacial score (nSPS) is 11.5. The lowest BCUT2D eigenvalue weighted by Gasteiger charge is -2.15. The Morgan fingerprint density at radius 2 is 1.61 bits per heavy atom. The quantitative estimate of drug-likeness (QED) is 0.120. The standard InChI is InChI=1S/C31H36N4O8S/c1-4-16-41-22-11-9-13-24(18-22)43-29-21-28-27(34(2)31(38)35(28)3)20-26(29)33-44(39,40)25-14-10-12-23(19-25)42-17-8-6-5-7-15-32-30(36)37/h6,8-14,18-21,32-33H,4-5,7,15-17H2,1-3H3,(H,36,37). The zero-order chi connectivity index (χ0) is 31.7. The van der Waals surface area contributed by atoms with E-state index >= 15 is 0 Å². The maximum Gasteiger partial charge on any atom is 0.404 e. The molecule has 0 aliphatic carbocycles. The van der Waals surface area contributed by atoms with Crippen molar-refractivity contribution in [3.8, 4) is 23.0 Å². The fourth-order valence-corrected chi connectivity index (χ4v) is 5.44. The molecule has 0 bridgehead atoms. The van der Waals surface area contributed by atoms with Gasteiger partial charge in [0.15, 0.2) is 5.75 Å². The number of hydrogen-bond acceptors (Lipinski definition) is 7. The first-order valence-corrected chi connectivity index (χ1v) is 15.5. The number of carboxylic acid groups (broad SMARTS) is 1. The first-order valence-electron chi connectivity index (χ1n) is 14.1. The number of nitrogens with one attached hydrogen (secondary N) is 2. The number of aromatic nitrogens is 2. The number of allylic oxidation sites excluding steroid dienone is 1. The molecule has 4 aromatic rings. The van der Waals surface area contributed by atoms with Gasteiger partial charge in [0, 0.05) is 38.8 Å². The number of rotatable bonds is 15. The van der Waals surface area contributed by atoms with Crippen LogP contribution in [0.25, 0.3) is 11.0 Å². The monoisotopic (exact) mass is 624 g/mol. The molecule has 0 spiro atoms. The Kier molecular flexibility index (Phi) is 10.6. The number of amides is 1. The van der Waals surface area contributed by atoms with Crippen LogP contribution in [-0.2, 0) is 24.1 Å². The molecular formula is C31H36N4O8S. The Labute approximate surface area is 255 Å². The number of ether oxygens (including phenoxy) is 3. The number of imidazole rings is 1. The van der Waals surface area contributed by atoms with Crippen molar-refractivity contribution in [1.82, 2.24) is 14.5 Å². The van der Waals surface area contributed by atoms with Crippen LogP contribution in [0.15, 0.2) is 82.5 Å². The van der Waals surface area contributed by atoms with E-state index < -0.39 is 16.1 Å². The van der Waals surface area contributed by atoms with Crippen molar-refractivity contribution in [2.24, 2.45) is 14.1 Å². The predicted octanol–water partition coefficient (Wildman–Crippen LogP) is 5.24. The van der Waals surface area contributed by atoms with Gasteiger partial charge >= 0.3 is 11.8 Å². The van der Waals surface area contributed by atoms with E-state index in [4.69, 9.17) is 19.3 Å². The lowest BCUT2D eigenvalue weighted by atomic mass is 10.2. The van der Waals surface area contributed by atoms with Gasteiger partial charge in [-0.15, -0.1) is 0 Å². The first kappa shape index (κ1) is 32.0. The van der Waals surface area contributed by atoms with Crippen LogP contribution >= 0.6 is 0 Å². The molecule has 0 fully saturated rings. The van der Waals surface area contributed by atoms with Crippen LogP contribution in [0.5, 0.6) is 23.0 Å². The SMILES string of the molecule is CCCOc1cccc(Oc2cc3c(cc2NS(=O)(=O)c2cccc(OCC=CCCCNC(=O)O)c2)n(C)c(=O)n3C)c1. The molecule has 1 amide bonds. The van der Waals surface area contributed by atoms with Gasteiger partial charge < -0.3 is 24.6 Å². The lowest BCUT2D eigenvalue weighted by Crippen LogP contribution is -2.21. The number of sulfonamides is 1. The number of aryl methyl sites for hydroxylation is 2. The molecule has 0 unspecified atom stereocenters. The third kappa shape index (κ3) is 8.13. The zero-order valence-corrected chi connectivity index (χ0v) is 25.6. The van der Waals surface area contributed by atoms with Gasteiger partial charge in [-0.25, -0.2) is 18.0 Å². The van der Waals surface area contributed by atoms with Crippen molar-refractivity contribution < 1.29 is 32.5 Å². The molecule has 1 aromatic heterocycles. The third-order valence-electron chi connectivity index (χ3n) is 6.58. The average Bonchev–Trinajstić information content (AvgIpc) is 3.20. The van der Waals surface area contributed by atoms with Gasteiger partial charge in [-0.1, -0.05) is 31.2 Å². The average molecular weight is 625 g/mol. The molecule has 3 aromatic carbocycles. The molecule has 44 heavy (non-hydrogen) atoms. The van der Waals surface area contributed by atoms with Gasteiger partial charge in [0.1, 0.15) is 23.9 Å². The fraction of sp³-hybridized carbons (Fsp3) is 0.290. The molecule has 12 nitrogen and oxygen atoms in total. The Hall–Kier alpha value is -4.91. The van der Waals surface area contributed by atoms with E-state index in [1.165, 1.54) is 21.3 Å². The van der Waals surface area contributed by atoms with E-state index in [9.17, 15) is 18.0 Å². The van der Waals surface area contributed by atoms with E-state index in [0.717, 1.165) is 6.42 Å².